The molecule has 3 rings (SSSR count). The van der Waals surface area contributed by atoms with Crippen LogP contribution in [0.4, 0.5) is 0 Å². The zero-order chi connectivity index (χ0) is 19.2. The molecule has 1 heterocycles. The van der Waals surface area contributed by atoms with Crippen LogP contribution in [0.3, 0.4) is 0 Å². The number of H-pyrrole nitrogens is 1. The minimum Gasteiger partial charge on any atom is -0.448 e. The second-order valence-corrected chi connectivity index (χ2v) is 6.60. The van der Waals surface area contributed by atoms with Gasteiger partial charge in [0.25, 0.3) is 5.91 Å². The lowest BCUT2D eigenvalue weighted by molar-refractivity contribution is -0.129. The summed E-state index contributed by atoms with van der Waals surface area (Å²) in [5.74, 6) is -0.934. The van der Waals surface area contributed by atoms with Crippen LogP contribution in [0.5, 0.6) is 0 Å². The number of nitrogens with zero attached hydrogens (tertiary/aromatic N) is 1. The molecule has 1 amide bonds. The number of hydrogen-bond acceptors (Lipinski definition) is 4. The Morgan fingerprint density at radius 3 is 2.56 bits per heavy atom. The maximum atomic E-state index is 12.3. The van der Waals surface area contributed by atoms with Crippen LogP contribution in [0, 0.1) is 0 Å². The molecule has 27 heavy (non-hydrogen) atoms. The number of aromatic amines is 1. The number of benzene rings is 2. The summed E-state index contributed by atoms with van der Waals surface area (Å²) in [6.45, 7) is 3.50. The highest BCUT2D eigenvalue weighted by molar-refractivity contribution is 6.02. The molecule has 1 aromatic heterocycles. The second-order valence-electron chi connectivity index (χ2n) is 6.60. The van der Waals surface area contributed by atoms with Crippen LogP contribution in [0.25, 0.3) is 10.9 Å². The quantitative estimate of drug-likeness (QED) is 0.630. The van der Waals surface area contributed by atoms with Gasteiger partial charge in [-0.05, 0) is 38.3 Å². The molecule has 140 valence electrons. The maximum Gasteiger partial charge on any atom is 0.360 e. The Labute approximate surface area is 157 Å². The van der Waals surface area contributed by atoms with Crippen molar-refractivity contribution in [1.29, 1.82) is 0 Å². The van der Waals surface area contributed by atoms with Crippen LogP contribution in [0.15, 0.2) is 54.6 Å². The zero-order valence-electron chi connectivity index (χ0n) is 15.4. The Morgan fingerprint density at radius 1 is 1.07 bits per heavy atom. The van der Waals surface area contributed by atoms with E-state index >= 15 is 0 Å². The number of rotatable bonds is 7. The number of nitrogens with one attached hydrogen (secondary N) is 2. The average Bonchev–Trinajstić information content (AvgIpc) is 3.11. The van der Waals surface area contributed by atoms with Crippen molar-refractivity contribution < 1.29 is 14.3 Å². The van der Waals surface area contributed by atoms with Gasteiger partial charge in [0.1, 0.15) is 0 Å². The molecule has 0 aliphatic carbocycles. The molecule has 2 aromatic carbocycles. The summed E-state index contributed by atoms with van der Waals surface area (Å²) in [7, 11) is 0. The van der Waals surface area contributed by atoms with E-state index in [1.54, 1.807) is 13.0 Å². The highest BCUT2D eigenvalue weighted by Crippen LogP contribution is 2.16. The first-order chi connectivity index (χ1) is 13.0. The molecule has 0 saturated carbocycles. The Morgan fingerprint density at radius 2 is 1.78 bits per heavy atom. The first-order valence-corrected chi connectivity index (χ1v) is 9.03. The monoisotopic (exact) mass is 365 g/mol. The Kier molecular flexibility index (Phi) is 5.86. The van der Waals surface area contributed by atoms with E-state index in [0.717, 1.165) is 18.4 Å². The van der Waals surface area contributed by atoms with Crippen molar-refractivity contribution in [3.8, 4) is 0 Å². The van der Waals surface area contributed by atoms with Gasteiger partial charge in [-0.2, -0.15) is 5.10 Å². The number of para-hydroxylation sites is 1. The summed E-state index contributed by atoms with van der Waals surface area (Å²) in [5.41, 5.74) is 2.15. The number of carbonyl (C=O) groups is 2. The third kappa shape index (κ3) is 4.73. The smallest absolute Gasteiger partial charge is 0.360 e. The molecule has 0 fully saturated rings. The third-order valence-corrected chi connectivity index (χ3v) is 4.41. The Balaban J connectivity index is 1.51. The molecule has 0 radical (unpaired) electrons. The highest BCUT2D eigenvalue weighted by atomic mass is 16.5. The van der Waals surface area contributed by atoms with E-state index in [1.165, 1.54) is 5.56 Å². The van der Waals surface area contributed by atoms with Crippen LogP contribution in [0.1, 0.15) is 36.3 Å². The lowest BCUT2D eigenvalue weighted by Crippen LogP contribution is -2.41. The predicted octanol–water partition coefficient (Wildman–Crippen LogP) is 3.25. The molecule has 0 aliphatic heterocycles. The number of fused-ring (bicyclic) bond motifs is 1. The summed E-state index contributed by atoms with van der Waals surface area (Å²) in [4.78, 5) is 24.7. The van der Waals surface area contributed by atoms with Gasteiger partial charge in [-0.25, -0.2) is 4.79 Å². The van der Waals surface area contributed by atoms with Crippen LogP contribution < -0.4 is 5.32 Å². The van der Waals surface area contributed by atoms with Gasteiger partial charge in [-0.15, -0.1) is 0 Å². The largest absolute Gasteiger partial charge is 0.448 e. The Bertz CT molecular complexity index is 921. The van der Waals surface area contributed by atoms with Crippen molar-refractivity contribution in [2.75, 3.05) is 0 Å². The summed E-state index contributed by atoms with van der Waals surface area (Å²) >= 11 is 0. The van der Waals surface area contributed by atoms with Crippen molar-refractivity contribution in [2.45, 2.75) is 38.8 Å². The van der Waals surface area contributed by atoms with E-state index in [-0.39, 0.29) is 17.6 Å². The van der Waals surface area contributed by atoms with E-state index in [2.05, 4.69) is 27.6 Å². The van der Waals surface area contributed by atoms with E-state index in [4.69, 9.17) is 4.74 Å². The number of aromatic nitrogens is 2. The third-order valence-electron chi connectivity index (χ3n) is 4.41. The van der Waals surface area contributed by atoms with Crippen LogP contribution >= 0.6 is 0 Å². The van der Waals surface area contributed by atoms with Gasteiger partial charge in [0, 0.05) is 11.4 Å². The molecule has 0 bridgehead atoms. The fraction of sp³-hybridized carbons (Fsp3) is 0.286. The molecule has 2 N–H and O–H groups in total. The summed E-state index contributed by atoms with van der Waals surface area (Å²) in [6.07, 6.45) is 0.781. The molecule has 2 atom stereocenters. The predicted molar refractivity (Wildman–Crippen MR) is 103 cm³/mol. The normalized spacial score (nSPS) is 13.1. The van der Waals surface area contributed by atoms with Crippen LogP contribution in [-0.2, 0) is 16.0 Å². The van der Waals surface area contributed by atoms with E-state index in [0.29, 0.717) is 5.39 Å². The van der Waals surface area contributed by atoms with Crippen molar-refractivity contribution in [3.05, 3.63) is 65.9 Å². The van der Waals surface area contributed by atoms with Crippen molar-refractivity contribution in [2.24, 2.45) is 0 Å². The van der Waals surface area contributed by atoms with Crippen molar-refractivity contribution >= 4 is 22.8 Å². The van der Waals surface area contributed by atoms with Crippen molar-refractivity contribution in [1.82, 2.24) is 15.5 Å². The van der Waals surface area contributed by atoms with Crippen LogP contribution in [0.2, 0.25) is 0 Å². The molecule has 0 aliphatic rings. The number of aryl methyl sites for hydroxylation is 1. The summed E-state index contributed by atoms with van der Waals surface area (Å²) < 4.78 is 5.29. The number of amides is 1. The maximum absolute atomic E-state index is 12.3. The SMILES string of the molecule is C[C@H](CCc1ccccc1)NC(=O)[C@@H](C)OC(=O)c1n[nH]c2ccccc12. The molecule has 6 heteroatoms. The number of carbonyl (C=O) groups excluding carboxylic acids is 2. The minimum atomic E-state index is -0.896. The lowest BCUT2D eigenvalue weighted by atomic mass is 10.1. The van der Waals surface area contributed by atoms with Gasteiger partial charge in [0.15, 0.2) is 11.8 Å². The lowest BCUT2D eigenvalue weighted by Gasteiger charge is -2.17. The summed E-state index contributed by atoms with van der Waals surface area (Å²) in [5, 5.41) is 10.4. The highest BCUT2D eigenvalue weighted by Gasteiger charge is 2.23. The van der Waals surface area contributed by atoms with Gasteiger partial charge < -0.3 is 10.1 Å². The number of ether oxygens (including phenoxy) is 1. The standard InChI is InChI=1S/C21H23N3O3/c1-14(12-13-16-8-4-3-5-9-16)22-20(25)15(2)27-21(26)19-17-10-6-7-11-18(17)23-24-19/h3-11,14-15H,12-13H2,1-2H3,(H,22,25)(H,23,24)/t14-,15-/m1/s1. The number of esters is 1. The Hall–Kier alpha value is -3.15. The molecular weight excluding hydrogens is 342 g/mol. The summed E-state index contributed by atoms with van der Waals surface area (Å²) in [6, 6.07) is 17.4. The second kappa shape index (κ2) is 8.49. The fourth-order valence-electron chi connectivity index (χ4n) is 2.85. The molecule has 6 nitrogen and oxygen atoms in total. The molecule has 3 aromatic rings. The first-order valence-electron chi connectivity index (χ1n) is 9.03. The fourth-order valence-corrected chi connectivity index (χ4v) is 2.85. The molecular formula is C21H23N3O3. The molecule has 0 unspecified atom stereocenters. The number of hydrogen-bond donors (Lipinski definition) is 2. The van der Waals surface area contributed by atoms with Crippen LogP contribution in [-0.4, -0.2) is 34.2 Å². The van der Waals surface area contributed by atoms with E-state index < -0.39 is 12.1 Å². The van der Waals surface area contributed by atoms with Crippen molar-refractivity contribution in [3.63, 3.8) is 0 Å². The average molecular weight is 365 g/mol. The topological polar surface area (TPSA) is 84.1 Å². The first kappa shape index (κ1) is 18.6. The van der Waals surface area contributed by atoms with Gasteiger partial charge in [0.05, 0.1) is 5.52 Å². The van der Waals surface area contributed by atoms with Gasteiger partial charge in [-0.3, -0.25) is 9.89 Å². The zero-order valence-corrected chi connectivity index (χ0v) is 15.4. The minimum absolute atomic E-state index is 0.0231. The van der Waals surface area contributed by atoms with Gasteiger partial charge in [-0.1, -0.05) is 48.5 Å². The van der Waals surface area contributed by atoms with E-state index in [9.17, 15) is 9.59 Å². The van der Waals surface area contributed by atoms with E-state index in [1.807, 2.05) is 43.3 Å². The van der Waals surface area contributed by atoms with Gasteiger partial charge >= 0.3 is 5.97 Å². The molecule has 0 spiro atoms. The molecule has 0 saturated heterocycles. The van der Waals surface area contributed by atoms with Gasteiger partial charge in [0.2, 0.25) is 0 Å².